The van der Waals surface area contributed by atoms with E-state index in [0.29, 0.717) is 0 Å². The Balaban J connectivity index is 1.95. The quantitative estimate of drug-likeness (QED) is 0.361. The van der Waals surface area contributed by atoms with Gasteiger partial charge in [0.1, 0.15) is 0 Å². The van der Waals surface area contributed by atoms with Crippen molar-refractivity contribution in [1.82, 2.24) is 0 Å². The van der Waals surface area contributed by atoms with E-state index in [0.717, 1.165) is 0 Å². The molecule has 1 aliphatic rings. The zero-order chi connectivity index (χ0) is 17.0. The van der Waals surface area contributed by atoms with Crippen LogP contribution < -0.4 is 0 Å². The second kappa shape index (κ2) is 5.07. The molecule has 0 unspecified atom stereocenters. The molecule has 0 spiro atoms. The van der Waals surface area contributed by atoms with Gasteiger partial charge in [-0.25, -0.2) is 0 Å². The molecule has 4 aromatic carbocycles. The molecule has 120 valence electrons. The van der Waals surface area contributed by atoms with Gasteiger partial charge in [0.2, 0.25) is 0 Å². The normalized spacial score (nSPS) is 14.3. The number of fused-ring (bicyclic) bond motifs is 5. The zero-order valence-corrected chi connectivity index (χ0v) is 14.6. The third kappa shape index (κ3) is 1.94. The third-order valence-electron chi connectivity index (χ3n) is 5.67. The van der Waals surface area contributed by atoms with E-state index in [1.807, 2.05) is 0 Å². The van der Waals surface area contributed by atoms with E-state index in [-0.39, 0.29) is 5.41 Å². The Labute approximate surface area is 148 Å². The maximum Gasteiger partial charge on any atom is 0.0159 e. The van der Waals surface area contributed by atoms with Gasteiger partial charge in [-0.3, -0.25) is 0 Å². The average Bonchev–Trinajstić information content (AvgIpc) is 2.90. The molecule has 0 atom stereocenters. The van der Waals surface area contributed by atoms with Crippen LogP contribution in [0.4, 0.5) is 0 Å². The van der Waals surface area contributed by atoms with E-state index in [1.54, 1.807) is 0 Å². The zero-order valence-electron chi connectivity index (χ0n) is 14.6. The van der Waals surface area contributed by atoms with Crippen molar-refractivity contribution in [3.63, 3.8) is 0 Å². The van der Waals surface area contributed by atoms with E-state index in [1.165, 1.54) is 44.2 Å². The number of hydrogen-bond acceptors (Lipinski definition) is 0. The molecule has 0 radical (unpaired) electrons. The minimum atomic E-state index is 0.0273. The van der Waals surface area contributed by atoms with Crippen LogP contribution in [0.5, 0.6) is 0 Å². The molecule has 0 saturated carbocycles. The lowest BCUT2D eigenvalue weighted by Gasteiger charge is -2.23. The van der Waals surface area contributed by atoms with E-state index >= 15 is 0 Å². The summed E-state index contributed by atoms with van der Waals surface area (Å²) in [4.78, 5) is 0. The molecule has 0 aliphatic heterocycles. The summed E-state index contributed by atoms with van der Waals surface area (Å²) in [6, 6.07) is 30.9. The van der Waals surface area contributed by atoms with E-state index in [9.17, 15) is 0 Å². The third-order valence-corrected chi connectivity index (χ3v) is 5.67. The van der Waals surface area contributed by atoms with Crippen molar-refractivity contribution in [3.8, 4) is 22.3 Å². The standard InChI is InChI=1S/C25H20/c1-25(2)22-15-9-8-14-20(22)24-19-13-7-6-12-18(19)21(16-23(24)25)17-10-4-3-5-11-17/h3-16H,1-2H3. The van der Waals surface area contributed by atoms with Crippen molar-refractivity contribution in [1.29, 1.82) is 0 Å². The molecule has 5 rings (SSSR count). The van der Waals surface area contributed by atoms with E-state index in [4.69, 9.17) is 0 Å². The van der Waals surface area contributed by atoms with Gasteiger partial charge in [0.15, 0.2) is 0 Å². The predicted molar refractivity (Wildman–Crippen MR) is 107 cm³/mol. The van der Waals surface area contributed by atoms with Crippen LogP contribution in [-0.2, 0) is 5.41 Å². The highest BCUT2D eigenvalue weighted by atomic mass is 14.4. The minimum absolute atomic E-state index is 0.0273. The highest BCUT2D eigenvalue weighted by Gasteiger charge is 2.36. The van der Waals surface area contributed by atoms with Crippen LogP contribution in [0.25, 0.3) is 33.0 Å². The van der Waals surface area contributed by atoms with E-state index in [2.05, 4.69) is 98.8 Å². The van der Waals surface area contributed by atoms with Gasteiger partial charge in [-0.1, -0.05) is 92.7 Å². The Kier molecular flexibility index (Phi) is 2.93. The maximum absolute atomic E-state index is 2.42. The van der Waals surface area contributed by atoms with E-state index < -0.39 is 0 Å². The Bertz CT molecular complexity index is 1100. The lowest BCUT2D eigenvalue weighted by molar-refractivity contribution is 0.661. The number of hydrogen-bond donors (Lipinski definition) is 0. The van der Waals surface area contributed by atoms with Crippen molar-refractivity contribution < 1.29 is 0 Å². The fourth-order valence-corrected chi connectivity index (χ4v) is 4.41. The van der Waals surface area contributed by atoms with Gasteiger partial charge in [-0.15, -0.1) is 0 Å². The SMILES string of the molecule is CC1(C)c2ccccc2-c2c1cc(-c1ccccc1)c1ccccc21. The average molecular weight is 320 g/mol. The molecule has 0 amide bonds. The first-order chi connectivity index (χ1) is 12.2. The molecule has 0 heterocycles. The van der Waals surface area contributed by atoms with Crippen LogP contribution >= 0.6 is 0 Å². The van der Waals surface area contributed by atoms with Crippen LogP contribution in [0.3, 0.4) is 0 Å². The Morgan fingerprint density at radius 1 is 0.560 bits per heavy atom. The Morgan fingerprint density at radius 3 is 2.00 bits per heavy atom. The van der Waals surface area contributed by atoms with Crippen LogP contribution in [0.1, 0.15) is 25.0 Å². The molecule has 0 saturated heterocycles. The number of benzene rings is 4. The molecule has 0 heteroatoms. The van der Waals surface area contributed by atoms with Gasteiger partial charge in [0.25, 0.3) is 0 Å². The van der Waals surface area contributed by atoms with Gasteiger partial charge >= 0.3 is 0 Å². The molecule has 0 nitrogen and oxygen atoms in total. The van der Waals surface area contributed by atoms with Gasteiger partial charge in [0, 0.05) is 5.41 Å². The van der Waals surface area contributed by atoms with Crippen LogP contribution in [0, 0.1) is 0 Å². The molecule has 0 N–H and O–H groups in total. The Hall–Kier alpha value is -2.86. The van der Waals surface area contributed by atoms with Crippen molar-refractivity contribution in [2.24, 2.45) is 0 Å². The molecule has 0 bridgehead atoms. The van der Waals surface area contributed by atoms with Crippen LogP contribution in [-0.4, -0.2) is 0 Å². The summed E-state index contributed by atoms with van der Waals surface area (Å²) >= 11 is 0. The second-order valence-electron chi connectivity index (χ2n) is 7.43. The first-order valence-corrected chi connectivity index (χ1v) is 8.89. The summed E-state index contributed by atoms with van der Waals surface area (Å²) in [6.07, 6.45) is 0. The van der Waals surface area contributed by atoms with Crippen molar-refractivity contribution in [3.05, 3.63) is 96.1 Å². The maximum atomic E-state index is 2.42. The Morgan fingerprint density at radius 2 is 1.20 bits per heavy atom. The topological polar surface area (TPSA) is 0 Å². The molecule has 0 aromatic heterocycles. The summed E-state index contributed by atoms with van der Waals surface area (Å²) in [5, 5.41) is 2.69. The summed E-state index contributed by atoms with van der Waals surface area (Å²) < 4.78 is 0. The molecule has 4 aromatic rings. The lowest BCUT2D eigenvalue weighted by Crippen LogP contribution is -2.15. The van der Waals surface area contributed by atoms with Crippen molar-refractivity contribution in [2.75, 3.05) is 0 Å². The summed E-state index contributed by atoms with van der Waals surface area (Å²) in [5.74, 6) is 0. The molecule has 25 heavy (non-hydrogen) atoms. The van der Waals surface area contributed by atoms with Crippen LogP contribution in [0.2, 0.25) is 0 Å². The summed E-state index contributed by atoms with van der Waals surface area (Å²) in [5.41, 5.74) is 8.31. The predicted octanol–water partition coefficient (Wildman–Crippen LogP) is 6.81. The summed E-state index contributed by atoms with van der Waals surface area (Å²) in [7, 11) is 0. The fraction of sp³-hybridized carbons (Fsp3) is 0.120. The summed E-state index contributed by atoms with van der Waals surface area (Å²) in [6.45, 7) is 4.70. The second-order valence-corrected chi connectivity index (χ2v) is 7.43. The monoisotopic (exact) mass is 320 g/mol. The molecule has 1 aliphatic carbocycles. The molecular weight excluding hydrogens is 300 g/mol. The van der Waals surface area contributed by atoms with Gasteiger partial charge in [-0.05, 0) is 50.2 Å². The van der Waals surface area contributed by atoms with Gasteiger partial charge in [-0.2, -0.15) is 0 Å². The molecule has 0 fully saturated rings. The van der Waals surface area contributed by atoms with Gasteiger partial charge < -0.3 is 0 Å². The van der Waals surface area contributed by atoms with Gasteiger partial charge in [0.05, 0.1) is 0 Å². The molecular formula is C25H20. The smallest absolute Gasteiger partial charge is 0.0159 e. The minimum Gasteiger partial charge on any atom is -0.0622 e. The lowest BCUT2D eigenvalue weighted by atomic mass is 9.80. The highest BCUT2D eigenvalue weighted by Crippen LogP contribution is 2.52. The first kappa shape index (κ1) is 14.5. The largest absolute Gasteiger partial charge is 0.0622 e. The van der Waals surface area contributed by atoms with Crippen molar-refractivity contribution >= 4 is 10.8 Å². The van der Waals surface area contributed by atoms with Crippen molar-refractivity contribution in [2.45, 2.75) is 19.3 Å². The first-order valence-electron chi connectivity index (χ1n) is 8.89. The fourth-order valence-electron chi connectivity index (χ4n) is 4.41. The highest BCUT2D eigenvalue weighted by molar-refractivity contribution is 6.08. The number of rotatable bonds is 1. The van der Waals surface area contributed by atoms with Crippen LogP contribution in [0.15, 0.2) is 84.9 Å².